The lowest BCUT2D eigenvalue weighted by molar-refractivity contribution is -0.119. The molecule has 0 saturated heterocycles. The Bertz CT molecular complexity index is 1620. The van der Waals surface area contributed by atoms with Crippen molar-refractivity contribution in [2.24, 2.45) is 5.73 Å². The molecule has 39 heavy (non-hydrogen) atoms. The lowest BCUT2D eigenvalue weighted by Gasteiger charge is -2.16. The lowest BCUT2D eigenvalue weighted by atomic mass is 10.0. The van der Waals surface area contributed by atoms with Crippen LogP contribution < -0.4 is 11.1 Å². The summed E-state index contributed by atoms with van der Waals surface area (Å²) in [7, 11) is 0. The van der Waals surface area contributed by atoms with Crippen LogP contribution in [-0.2, 0) is 11.2 Å². The van der Waals surface area contributed by atoms with Crippen molar-refractivity contribution < 1.29 is 14.0 Å². The van der Waals surface area contributed by atoms with Gasteiger partial charge in [0.1, 0.15) is 11.7 Å². The van der Waals surface area contributed by atoms with Gasteiger partial charge in [-0.2, -0.15) is 0 Å². The van der Waals surface area contributed by atoms with E-state index < -0.39 is 17.9 Å². The van der Waals surface area contributed by atoms with E-state index >= 15 is 0 Å². The summed E-state index contributed by atoms with van der Waals surface area (Å²) in [6.45, 7) is 0. The normalized spacial score (nSPS) is 11.6. The number of pyridine rings is 1. The van der Waals surface area contributed by atoms with Gasteiger partial charge in [0.25, 0.3) is 5.91 Å². The van der Waals surface area contributed by atoms with Gasteiger partial charge in [0.15, 0.2) is 5.76 Å². The summed E-state index contributed by atoms with van der Waals surface area (Å²) >= 11 is 12.4. The van der Waals surface area contributed by atoms with Crippen LogP contribution >= 0.6 is 23.2 Å². The number of benzene rings is 3. The zero-order chi connectivity index (χ0) is 27.4. The Kier molecular flexibility index (Phi) is 7.72. The number of carbonyl (C=O) groups is 2. The first kappa shape index (κ1) is 26.2. The molecule has 0 aliphatic rings. The predicted molar refractivity (Wildman–Crippen MR) is 151 cm³/mol. The molecular formula is C30H22Cl2N4O3. The monoisotopic (exact) mass is 556 g/mol. The fourth-order valence-corrected chi connectivity index (χ4v) is 4.35. The van der Waals surface area contributed by atoms with Gasteiger partial charge in [0.2, 0.25) is 11.8 Å². The number of primary amides is 1. The minimum atomic E-state index is -0.849. The average Bonchev–Trinajstić information content (AvgIpc) is 3.41. The zero-order valence-electron chi connectivity index (χ0n) is 20.5. The highest BCUT2D eigenvalue weighted by Gasteiger charge is 2.22. The van der Waals surface area contributed by atoms with Gasteiger partial charge in [-0.1, -0.05) is 65.7 Å². The Balaban J connectivity index is 1.44. The van der Waals surface area contributed by atoms with Gasteiger partial charge in [-0.3, -0.25) is 14.6 Å². The Labute approximate surface area is 234 Å². The molecule has 0 saturated carbocycles. The van der Waals surface area contributed by atoms with E-state index in [1.807, 2.05) is 36.4 Å². The number of halogens is 2. The number of hydrogen-bond acceptors (Lipinski definition) is 5. The summed E-state index contributed by atoms with van der Waals surface area (Å²) < 4.78 is 6.17. The van der Waals surface area contributed by atoms with E-state index in [1.54, 1.807) is 60.9 Å². The molecule has 5 rings (SSSR count). The molecule has 0 unspecified atom stereocenters. The number of nitrogens with one attached hydrogen (secondary N) is 1. The number of nitrogens with two attached hydrogens (primary N) is 1. The van der Waals surface area contributed by atoms with Gasteiger partial charge in [-0.15, -0.1) is 0 Å². The summed E-state index contributed by atoms with van der Waals surface area (Å²) in [5, 5.41) is 3.54. The largest absolute Gasteiger partial charge is 0.435 e. The molecule has 0 aliphatic heterocycles. The maximum Gasteiger partial charge on any atom is 0.251 e. The lowest BCUT2D eigenvalue weighted by Crippen LogP contribution is -2.45. The molecule has 0 bridgehead atoms. The van der Waals surface area contributed by atoms with Gasteiger partial charge in [0, 0.05) is 35.5 Å². The third kappa shape index (κ3) is 6.00. The second-order valence-electron chi connectivity index (χ2n) is 8.76. The summed E-state index contributed by atoms with van der Waals surface area (Å²) in [4.78, 5) is 33.8. The van der Waals surface area contributed by atoms with Crippen molar-refractivity contribution in [2.45, 2.75) is 12.5 Å². The highest BCUT2D eigenvalue weighted by Crippen LogP contribution is 2.38. The Hall–Kier alpha value is -4.46. The number of amides is 2. The topological polar surface area (TPSA) is 111 Å². The molecule has 194 valence electrons. The third-order valence-corrected chi connectivity index (χ3v) is 6.81. The van der Waals surface area contributed by atoms with Gasteiger partial charge in [0.05, 0.1) is 15.6 Å². The Morgan fingerprint density at radius 2 is 1.62 bits per heavy atom. The van der Waals surface area contributed by atoms with Crippen molar-refractivity contribution in [2.75, 3.05) is 0 Å². The number of aromatic nitrogens is 2. The summed E-state index contributed by atoms with van der Waals surface area (Å²) in [6.07, 6.45) is 3.62. The first-order valence-electron chi connectivity index (χ1n) is 12.0. The summed E-state index contributed by atoms with van der Waals surface area (Å²) in [5.74, 6) is -0.157. The van der Waals surface area contributed by atoms with Crippen LogP contribution in [0.3, 0.4) is 0 Å². The van der Waals surface area contributed by atoms with Crippen molar-refractivity contribution in [3.05, 3.63) is 118 Å². The summed E-state index contributed by atoms with van der Waals surface area (Å²) in [5.41, 5.74) is 9.47. The Morgan fingerprint density at radius 3 is 2.28 bits per heavy atom. The molecule has 1 atom stereocenters. The second kappa shape index (κ2) is 11.5. The molecule has 9 heteroatoms. The van der Waals surface area contributed by atoms with Crippen molar-refractivity contribution in [1.82, 2.24) is 15.3 Å². The number of nitrogens with zero attached hydrogens (tertiary/aromatic N) is 2. The number of hydrogen-bond donors (Lipinski definition) is 2. The zero-order valence-corrected chi connectivity index (χ0v) is 22.0. The molecule has 0 radical (unpaired) electrons. The van der Waals surface area contributed by atoms with Crippen LogP contribution in [0.15, 0.2) is 102 Å². The first-order chi connectivity index (χ1) is 18.9. The van der Waals surface area contributed by atoms with Crippen LogP contribution in [0, 0.1) is 0 Å². The van der Waals surface area contributed by atoms with E-state index in [4.69, 9.17) is 38.3 Å². The fourth-order valence-electron chi connectivity index (χ4n) is 4.06. The number of oxazole rings is 1. The average molecular weight is 557 g/mol. The van der Waals surface area contributed by atoms with Gasteiger partial charge < -0.3 is 15.5 Å². The maximum absolute atomic E-state index is 13.0. The van der Waals surface area contributed by atoms with E-state index in [0.29, 0.717) is 56.1 Å². The molecular weight excluding hydrogens is 535 g/mol. The molecule has 7 nitrogen and oxygen atoms in total. The van der Waals surface area contributed by atoms with Crippen LogP contribution in [-0.4, -0.2) is 27.8 Å². The predicted octanol–water partition coefficient (Wildman–Crippen LogP) is 6.20. The minimum absolute atomic E-state index is 0.295. The van der Waals surface area contributed by atoms with Crippen LogP contribution in [0.5, 0.6) is 0 Å². The summed E-state index contributed by atoms with van der Waals surface area (Å²) in [6, 6.07) is 24.2. The molecule has 0 aliphatic carbocycles. The molecule has 0 spiro atoms. The van der Waals surface area contributed by atoms with Crippen LogP contribution in [0.4, 0.5) is 0 Å². The smallest absolute Gasteiger partial charge is 0.251 e. The molecule has 3 N–H and O–H groups in total. The van der Waals surface area contributed by atoms with Gasteiger partial charge >= 0.3 is 0 Å². The first-order valence-corrected chi connectivity index (χ1v) is 12.8. The van der Waals surface area contributed by atoms with Crippen LogP contribution in [0.25, 0.3) is 34.0 Å². The fraction of sp³-hybridized carbons (Fsp3) is 0.0667. The van der Waals surface area contributed by atoms with E-state index in [1.165, 1.54) is 0 Å². The van der Waals surface area contributed by atoms with Gasteiger partial charge in [-0.25, -0.2) is 4.98 Å². The quantitative estimate of drug-likeness (QED) is 0.236. The third-order valence-electron chi connectivity index (χ3n) is 6.07. The van der Waals surface area contributed by atoms with Crippen molar-refractivity contribution in [1.29, 1.82) is 0 Å². The number of rotatable bonds is 8. The van der Waals surface area contributed by atoms with Gasteiger partial charge in [-0.05, 0) is 48.0 Å². The Morgan fingerprint density at radius 1 is 0.872 bits per heavy atom. The molecule has 2 aromatic heterocycles. The number of carbonyl (C=O) groups excluding carboxylic acids is 2. The molecule has 3 aromatic carbocycles. The highest BCUT2D eigenvalue weighted by molar-refractivity contribution is 6.42. The molecule has 2 amide bonds. The van der Waals surface area contributed by atoms with E-state index in [9.17, 15) is 9.59 Å². The molecule has 5 aromatic rings. The van der Waals surface area contributed by atoms with E-state index in [2.05, 4.69) is 10.3 Å². The minimum Gasteiger partial charge on any atom is -0.435 e. The highest BCUT2D eigenvalue weighted by atomic mass is 35.5. The van der Waals surface area contributed by atoms with E-state index in [0.717, 1.165) is 5.56 Å². The van der Waals surface area contributed by atoms with Crippen LogP contribution in [0.1, 0.15) is 15.9 Å². The maximum atomic E-state index is 13.0. The second-order valence-corrected chi connectivity index (χ2v) is 9.58. The SMILES string of the molecule is NC(=O)[C@H](Cc1ccccc1)NC(=O)c1ccc(-c2nc(-c3cccnc3)oc2-c2ccc(Cl)c(Cl)c2)cc1. The molecule has 0 fully saturated rings. The van der Waals surface area contributed by atoms with Crippen molar-refractivity contribution >= 4 is 35.0 Å². The van der Waals surface area contributed by atoms with Crippen molar-refractivity contribution in [3.63, 3.8) is 0 Å². The standard InChI is InChI=1S/C30H22Cl2N4O3/c31-23-13-12-21(16-24(23)32)27-26(36-30(39-27)22-7-4-14-34-17-22)19-8-10-20(11-9-19)29(38)35-25(28(33)37)15-18-5-2-1-3-6-18/h1-14,16-17,25H,15H2,(H2,33,37)(H,35,38)/t25-/m0/s1. The van der Waals surface area contributed by atoms with Crippen LogP contribution in [0.2, 0.25) is 10.0 Å². The van der Waals surface area contributed by atoms with Crippen molar-refractivity contribution in [3.8, 4) is 34.0 Å². The molecule has 2 heterocycles. The van der Waals surface area contributed by atoms with E-state index in [-0.39, 0.29) is 0 Å².